The highest BCUT2D eigenvalue weighted by Crippen LogP contribution is 2.48. The summed E-state index contributed by atoms with van der Waals surface area (Å²) in [5, 5.41) is 12.4. The van der Waals surface area contributed by atoms with Crippen molar-refractivity contribution in [3.63, 3.8) is 0 Å². The van der Waals surface area contributed by atoms with Crippen molar-refractivity contribution in [3.8, 4) is 5.75 Å². The van der Waals surface area contributed by atoms with E-state index in [4.69, 9.17) is 20.8 Å². The van der Waals surface area contributed by atoms with Crippen molar-refractivity contribution < 1.29 is 23.4 Å². The minimum atomic E-state index is -0.742. The lowest BCUT2D eigenvalue weighted by Crippen LogP contribution is -2.46. The van der Waals surface area contributed by atoms with Gasteiger partial charge in [-0.1, -0.05) is 11.6 Å². The monoisotopic (exact) mass is 511 g/mol. The molecule has 4 aromatic rings. The smallest absolute Gasteiger partial charge is 0.342 e. The van der Waals surface area contributed by atoms with Crippen LogP contribution in [0.3, 0.4) is 0 Å². The van der Waals surface area contributed by atoms with Gasteiger partial charge in [-0.3, -0.25) is 9.88 Å². The molecule has 5 rings (SSSR count). The van der Waals surface area contributed by atoms with Gasteiger partial charge in [0.15, 0.2) is 5.82 Å². The molecule has 9 heteroatoms. The molecule has 0 amide bonds. The van der Waals surface area contributed by atoms with Gasteiger partial charge in [-0.05, 0) is 50.7 Å². The van der Waals surface area contributed by atoms with Gasteiger partial charge in [-0.25, -0.2) is 9.18 Å². The molecule has 2 aromatic carbocycles. The van der Waals surface area contributed by atoms with Gasteiger partial charge in [0.25, 0.3) is 0 Å². The summed E-state index contributed by atoms with van der Waals surface area (Å²) in [6, 6.07) is 6.24. The first-order valence-corrected chi connectivity index (χ1v) is 12.3. The summed E-state index contributed by atoms with van der Waals surface area (Å²) in [6.45, 7) is 6.60. The van der Waals surface area contributed by atoms with E-state index in [2.05, 4.69) is 21.8 Å². The number of benzene rings is 2. The van der Waals surface area contributed by atoms with Gasteiger partial charge in [0.05, 0.1) is 23.1 Å². The van der Waals surface area contributed by atoms with Gasteiger partial charge in [0, 0.05) is 54.9 Å². The van der Waals surface area contributed by atoms with Crippen molar-refractivity contribution in [2.24, 2.45) is 0 Å². The number of halogens is 2. The zero-order valence-electron chi connectivity index (χ0n) is 20.3. The number of aryl methyl sites for hydroxylation is 1. The molecular formula is C27H27ClFN3O4. The molecule has 1 saturated heterocycles. The Labute approximate surface area is 213 Å². The molecule has 1 unspecified atom stereocenters. The molecule has 0 bridgehead atoms. The maximum atomic E-state index is 15.5. The number of piperazine rings is 1. The van der Waals surface area contributed by atoms with Crippen LogP contribution in [0.15, 0.2) is 41.1 Å². The summed E-state index contributed by atoms with van der Waals surface area (Å²) in [5.74, 6) is -1.24. The number of carbonyl (C=O) groups is 1. The Kier molecular flexibility index (Phi) is 6.59. The summed E-state index contributed by atoms with van der Waals surface area (Å²) in [6.07, 6.45) is 3.36. The van der Waals surface area contributed by atoms with Crippen molar-refractivity contribution in [1.29, 1.82) is 0 Å². The number of fused-ring (bicyclic) bond motifs is 3. The van der Waals surface area contributed by atoms with E-state index in [1.54, 1.807) is 32.3 Å². The number of phenolic OH excluding ortho intramolecular Hbond substituents is 1. The van der Waals surface area contributed by atoms with E-state index in [9.17, 15) is 9.90 Å². The summed E-state index contributed by atoms with van der Waals surface area (Å²) >= 11 is 6.14. The third kappa shape index (κ3) is 3.99. The largest absolute Gasteiger partial charge is 0.507 e. The van der Waals surface area contributed by atoms with Crippen LogP contribution in [0.5, 0.6) is 5.75 Å². The third-order valence-corrected chi connectivity index (χ3v) is 7.15. The van der Waals surface area contributed by atoms with Crippen molar-refractivity contribution in [2.75, 3.05) is 39.8 Å². The molecule has 1 aliphatic rings. The standard InChI is InChI=1S/C27H27ClFN3O4/c1-4-35-27(34)19-15(2)36-26-17-5-6-18(28)23(29)20(17)25(33)22(21(19)26)24(16-7-9-30-10-8-16)32-13-11-31(3)12-14-32/h5-10,24,33H,4,11-14H2,1-3H3. The lowest BCUT2D eigenvalue weighted by atomic mass is 9.88. The van der Waals surface area contributed by atoms with Crippen LogP contribution in [-0.4, -0.2) is 65.7 Å². The van der Waals surface area contributed by atoms with E-state index in [-0.39, 0.29) is 28.3 Å². The summed E-state index contributed by atoms with van der Waals surface area (Å²) < 4.78 is 26.9. The molecule has 0 aliphatic carbocycles. The molecule has 0 radical (unpaired) electrons. The number of aromatic nitrogens is 1. The second-order valence-corrected chi connectivity index (χ2v) is 9.43. The maximum Gasteiger partial charge on any atom is 0.342 e. The van der Waals surface area contributed by atoms with Crippen molar-refractivity contribution in [1.82, 2.24) is 14.8 Å². The fraction of sp³-hybridized carbons (Fsp3) is 0.333. The summed E-state index contributed by atoms with van der Waals surface area (Å²) in [5.41, 5.74) is 1.76. The Hall–Kier alpha value is -3.20. The zero-order valence-corrected chi connectivity index (χ0v) is 21.1. The maximum absolute atomic E-state index is 15.5. The third-order valence-electron chi connectivity index (χ3n) is 6.86. The number of nitrogens with zero attached hydrogens (tertiary/aromatic N) is 3. The number of pyridine rings is 1. The van der Waals surface area contributed by atoms with Crippen LogP contribution < -0.4 is 0 Å². The Morgan fingerprint density at radius 3 is 2.56 bits per heavy atom. The predicted molar refractivity (Wildman–Crippen MR) is 136 cm³/mol. The lowest BCUT2D eigenvalue weighted by Gasteiger charge is -2.39. The summed E-state index contributed by atoms with van der Waals surface area (Å²) in [4.78, 5) is 21.7. The van der Waals surface area contributed by atoms with E-state index in [1.807, 2.05) is 12.1 Å². The Morgan fingerprint density at radius 2 is 1.89 bits per heavy atom. The average Bonchev–Trinajstić information content (AvgIpc) is 3.21. The number of likely N-dealkylation sites (N-methyl/N-ethyl adjacent to an activating group) is 1. The highest BCUT2D eigenvalue weighted by molar-refractivity contribution is 6.32. The number of hydrogen-bond donors (Lipinski definition) is 1. The first-order chi connectivity index (χ1) is 17.3. The average molecular weight is 512 g/mol. The van der Waals surface area contributed by atoms with E-state index in [1.165, 1.54) is 6.07 Å². The molecule has 0 saturated carbocycles. The van der Waals surface area contributed by atoms with Gasteiger partial charge >= 0.3 is 5.97 Å². The number of carbonyl (C=O) groups excluding carboxylic acids is 1. The number of hydrogen-bond acceptors (Lipinski definition) is 7. The van der Waals surface area contributed by atoms with Crippen LogP contribution in [0.2, 0.25) is 5.02 Å². The molecule has 3 heterocycles. The van der Waals surface area contributed by atoms with Crippen LogP contribution in [0, 0.1) is 12.7 Å². The first kappa shape index (κ1) is 24.5. The highest BCUT2D eigenvalue weighted by atomic mass is 35.5. The SMILES string of the molecule is CCOC(=O)c1c(C)oc2c1c(C(c1ccncc1)N1CCN(C)CC1)c(O)c1c(F)c(Cl)ccc12. The van der Waals surface area contributed by atoms with Crippen LogP contribution in [0.1, 0.15) is 40.2 Å². The van der Waals surface area contributed by atoms with Crippen LogP contribution in [-0.2, 0) is 4.74 Å². The second-order valence-electron chi connectivity index (χ2n) is 9.03. The second kappa shape index (κ2) is 9.69. The van der Waals surface area contributed by atoms with Gasteiger partial charge in [-0.2, -0.15) is 0 Å². The molecule has 1 fully saturated rings. The number of aromatic hydroxyl groups is 1. The summed E-state index contributed by atoms with van der Waals surface area (Å²) in [7, 11) is 2.06. The molecule has 1 N–H and O–H groups in total. The number of rotatable bonds is 5. The highest BCUT2D eigenvalue weighted by Gasteiger charge is 2.35. The van der Waals surface area contributed by atoms with E-state index in [0.717, 1.165) is 18.7 Å². The van der Waals surface area contributed by atoms with Gasteiger partial charge in [0.2, 0.25) is 0 Å². The lowest BCUT2D eigenvalue weighted by molar-refractivity contribution is 0.0526. The molecule has 1 aliphatic heterocycles. The van der Waals surface area contributed by atoms with E-state index in [0.29, 0.717) is 40.8 Å². The fourth-order valence-corrected chi connectivity index (χ4v) is 5.27. The molecule has 2 aromatic heterocycles. The van der Waals surface area contributed by atoms with E-state index >= 15 is 4.39 Å². The molecule has 36 heavy (non-hydrogen) atoms. The first-order valence-electron chi connectivity index (χ1n) is 11.9. The quantitative estimate of drug-likeness (QED) is 0.364. The number of furan rings is 1. The van der Waals surface area contributed by atoms with Gasteiger partial charge in [0.1, 0.15) is 22.7 Å². The van der Waals surface area contributed by atoms with Crippen LogP contribution in [0.4, 0.5) is 4.39 Å². The molecular weight excluding hydrogens is 485 g/mol. The van der Waals surface area contributed by atoms with Crippen LogP contribution >= 0.6 is 11.6 Å². The molecule has 188 valence electrons. The number of esters is 1. The zero-order chi connectivity index (χ0) is 25.6. The minimum Gasteiger partial charge on any atom is -0.507 e. The Bertz CT molecular complexity index is 1450. The van der Waals surface area contributed by atoms with Crippen molar-refractivity contribution in [3.05, 3.63) is 69.9 Å². The predicted octanol–water partition coefficient (Wildman–Crippen LogP) is 5.30. The molecule has 7 nitrogen and oxygen atoms in total. The van der Waals surface area contributed by atoms with Crippen LogP contribution in [0.25, 0.3) is 21.7 Å². The van der Waals surface area contributed by atoms with Gasteiger partial charge in [-0.15, -0.1) is 0 Å². The number of ether oxygens (including phenoxy) is 1. The van der Waals surface area contributed by atoms with Crippen molar-refractivity contribution >= 4 is 39.3 Å². The number of phenols is 1. The Balaban J connectivity index is 1.92. The fourth-order valence-electron chi connectivity index (χ4n) is 5.12. The molecule has 1 atom stereocenters. The Morgan fingerprint density at radius 1 is 1.19 bits per heavy atom. The van der Waals surface area contributed by atoms with Gasteiger partial charge < -0.3 is 19.2 Å². The molecule has 0 spiro atoms. The van der Waals surface area contributed by atoms with Crippen molar-refractivity contribution in [2.45, 2.75) is 19.9 Å². The normalized spacial score (nSPS) is 16.0. The topological polar surface area (TPSA) is 79.0 Å². The van der Waals surface area contributed by atoms with E-state index < -0.39 is 17.8 Å². The minimum absolute atomic E-state index is 0.0395.